The van der Waals surface area contributed by atoms with Crippen molar-refractivity contribution < 1.29 is 13.2 Å². The van der Waals surface area contributed by atoms with Gasteiger partial charge in [-0.05, 0) is 55.9 Å². The molecule has 21 heavy (non-hydrogen) atoms. The molecular weight excluding hydrogens is 288 g/mol. The number of benzene rings is 1. The summed E-state index contributed by atoms with van der Waals surface area (Å²) >= 11 is 0. The molecule has 0 spiro atoms. The number of hydrogen-bond acceptors (Lipinski definition) is 3. The third-order valence-corrected chi connectivity index (χ3v) is 5.68. The average Bonchev–Trinajstić information content (AvgIpc) is 3.17. The lowest BCUT2D eigenvalue weighted by atomic mass is 10.2. The quantitative estimate of drug-likeness (QED) is 0.902. The standard InChI is InChI=1S/C15H20N2O3S/c1-11-9-13(17-8-2-3-15(17)18)6-7-14(11)21(19,20)16-10-12-4-5-12/h6-7,9,12,16H,2-5,8,10H2,1H3. The largest absolute Gasteiger partial charge is 0.312 e. The molecule has 1 aliphatic carbocycles. The summed E-state index contributed by atoms with van der Waals surface area (Å²) in [6.07, 6.45) is 3.65. The van der Waals surface area contributed by atoms with E-state index in [-0.39, 0.29) is 5.91 Å². The number of aryl methyl sites for hydroxylation is 1. The Bertz CT molecular complexity index is 665. The van der Waals surface area contributed by atoms with Crippen molar-refractivity contribution in [3.05, 3.63) is 23.8 Å². The van der Waals surface area contributed by atoms with Gasteiger partial charge in [-0.1, -0.05) is 0 Å². The molecule has 2 fully saturated rings. The molecule has 6 heteroatoms. The maximum atomic E-state index is 12.3. The predicted molar refractivity (Wildman–Crippen MR) is 80.7 cm³/mol. The first-order valence-electron chi connectivity index (χ1n) is 7.38. The minimum atomic E-state index is -3.45. The minimum absolute atomic E-state index is 0.108. The van der Waals surface area contributed by atoms with Gasteiger partial charge in [0.1, 0.15) is 0 Å². The molecule has 1 aromatic rings. The van der Waals surface area contributed by atoms with Crippen LogP contribution in [-0.2, 0) is 14.8 Å². The summed E-state index contributed by atoms with van der Waals surface area (Å²) in [5, 5.41) is 0. The van der Waals surface area contributed by atoms with Gasteiger partial charge in [0.2, 0.25) is 15.9 Å². The van der Waals surface area contributed by atoms with Gasteiger partial charge in [0.15, 0.2) is 0 Å². The number of amides is 1. The molecule has 0 bridgehead atoms. The van der Waals surface area contributed by atoms with Crippen LogP contribution in [0.5, 0.6) is 0 Å². The molecule has 0 aromatic heterocycles. The summed E-state index contributed by atoms with van der Waals surface area (Å²) in [6.45, 7) is 3.01. The lowest BCUT2D eigenvalue weighted by Crippen LogP contribution is -2.27. The van der Waals surface area contributed by atoms with Gasteiger partial charge in [0.25, 0.3) is 0 Å². The van der Waals surface area contributed by atoms with Crippen molar-refractivity contribution in [3.63, 3.8) is 0 Å². The Hall–Kier alpha value is -1.40. The van der Waals surface area contributed by atoms with Gasteiger partial charge in [-0.25, -0.2) is 13.1 Å². The average molecular weight is 308 g/mol. The molecule has 1 heterocycles. The van der Waals surface area contributed by atoms with Crippen LogP contribution in [0.1, 0.15) is 31.2 Å². The Labute approximate surface area is 125 Å². The van der Waals surface area contributed by atoms with Crippen LogP contribution in [0.2, 0.25) is 0 Å². The van der Waals surface area contributed by atoms with Gasteiger partial charge < -0.3 is 4.90 Å². The molecule has 1 N–H and O–H groups in total. The van der Waals surface area contributed by atoms with E-state index in [2.05, 4.69) is 4.72 Å². The van der Waals surface area contributed by atoms with Crippen LogP contribution in [0.4, 0.5) is 5.69 Å². The fraction of sp³-hybridized carbons (Fsp3) is 0.533. The zero-order valence-electron chi connectivity index (χ0n) is 12.1. The molecule has 2 aliphatic rings. The first-order valence-corrected chi connectivity index (χ1v) is 8.86. The van der Waals surface area contributed by atoms with Crippen molar-refractivity contribution in [1.29, 1.82) is 0 Å². The summed E-state index contributed by atoms with van der Waals surface area (Å²) in [4.78, 5) is 13.8. The second kappa shape index (κ2) is 5.42. The van der Waals surface area contributed by atoms with Crippen LogP contribution in [0.3, 0.4) is 0 Å². The van der Waals surface area contributed by atoms with Gasteiger partial charge >= 0.3 is 0 Å². The molecule has 114 valence electrons. The molecule has 3 rings (SSSR count). The highest BCUT2D eigenvalue weighted by Gasteiger charge is 2.26. The molecule has 1 saturated heterocycles. The van der Waals surface area contributed by atoms with Gasteiger partial charge in [0, 0.05) is 25.2 Å². The highest BCUT2D eigenvalue weighted by molar-refractivity contribution is 7.89. The van der Waals surface area contributed by atoms with Gasteiger partial charge in [-0.2, -0.15) is 0 Å². The summed E-state index contributed by atoms with van der Waals surface area (Å²) in [5.74, 6) is 0.610. The highest BCUT2D eigenvalue weighted by Crippen LogP contribution is 2.29. The monoisotopic (exact) mass is 308 g/mol. The first kappa shape index (κ1) is 14.5. The third-order valence-electron chi connectivity index (χ3n) is 4.09. The SMILES string of the molecule is Cc1cc(N2CCCC2=O)ccc1S(=O)(=O)NCC1CC1. The molecule has 1 aliphatic heterocycles. The number of nitrogens with zero attached hydrogens (tertiary/aromatic N) is 1. The van der Waals surface area contributed by atoms with Crippen LogP contribution in [0, 0.1) is 12.8 Å². The summed E-state index contributed by atoms with van der Waals surface area (Å²) in [6, 6.07) is 5.11. The van der Waals surface area contributed by atoms with E-state index < -0.39 is 10.0 Å². The van der Waals surface area contributed by atoms with E-state index in [0.29, 0.717) is 35.9 Å². The van der Waals surface area contributed by atoms with Crippen molar-refractivity contribution in [1.82, 2.24) is 4.72 Å². The molecule has 1 aromatic carbocycles. The summed E-state index contributed by atoms with van der Waals surface area (Å²) in [5.41, 5.74) is 1.46. The second-order valence-corrected chi connectivity index (χ2v) is 7.63. The molecular formula is C15H20N2O3S. The van der Waals surface area contributed by atoms with E-state index in [4.69, 9.17) is 0 Å². The Morgan fingerprint density at radius 3 is 2.67 bits per heavy atom. The third kappa shape index (κ3) is 3.11. The van der Waals surface area contributed by atoms with E-state index in [1.807, 2.05) is 0 Å². The Kier molecular flexibility index (Phi) is 3.75. The lowest BCUT2D eigenvalue weighted by molar-refractivity contribution is -0.117. The van der Waals surface area contributed by atoms with Gasteiger partial charge in [-0.3, -0.25) is 4.79 Å². The van der Waals surface area contributed by atoms with Crippen molar-refractivity contribution in [2.45, 2.75) is 37.5 Å². The second-order valence-electron chi connectivity index (χ2n) is 5.89. The van der Waals surface area contributed by atoms with E-state index in [9.17, 15) is 13.2 Å². The van der Waals surface area contributed by atoms with E-state index in [0.717, 1.165) is 24.9 Å². The fourth-order valence-electron chi connectivity index (χ4n) is 2.65. The number of carbonyl (C=O) groups excluding carboxylic acids is 1. The summed E-state index contributed by atoms with van der Waals surface area (Å²) in [7, 11) is -3.45. The van der Waals surface area contributed by atoms with Crippen molar-refractivity contribution >= 4 is 21.6 Å². The van der Waals surface area contributed by atoms with Crippen LogP contribution in [-0.4, -0.2) is 27.4 Å². The van der Waals surface area contributed by atoms with Crippen LogP contribution >= 0.6 is 0 Å². The van der Waals surface area contributed by atoms with Crippen molar-refractivity contribution in [2.75, 3.05) is 18.0 Å². The van der Waals surface area contributed by atoms with E-state index in [1.165, 1.54) is 0 Å². The Morgan fingerprint density at radius 2 is 2.10 bits per heavy atom. The molecule has 0 radical (unpaired) electrons. The Morgan fingerprint density at radius 1 is 1.33 bits per heavy atom. The first-order chi connectivity index (χ1) is 9.97. The van der Waals surface area contributed by atoms with Crippen LogP contribution < -0.4 is 9.62 Å². The number of nitrogens with one attached hydrogen (secondary N) is 1. The minimum Gasteiger partial charge on any atom is -0.312 e. The van der Waals surface area contributed by atoms with E-state index >= 15 is 0 Å². The number of rotatable bonds is 5. The topological polar surface area (TPSA) is 66.5 Å². The highest BCUT2D eigenvalue weighted by atomic mass is 32.2. The predicted octanol–water partition coefficient (Wildman–Crippen LogP) is 1.81. The number of sulfonamides is 1. The van der Waals surface area contributed by atoms with Gasteiger partial charge in [-0.15, -0.1) is 0 Å². The Balaban J connectivity index is 1.81. The smallest absolute Gasteiger partial charge is 0.240 e. The molecule has 1 amide bonds. The lowest BCUT2D eigenvalue weighted by Gasteiger charge is -2.17. The maximum Gasteiger partial charge on any atom is 0.240 e. The van der Waals surface area contributed by atoms with Crippen molar-refractivity contribution in [2.24, 2.45) is 5.92 Å². The summed E-state index contributed by atoms with van der Waals surface area (Å²) < 4.78 is 27.2. The van der Waals surface area contributed by atoms with Crippen LogP contribution in [0.25, 0.3) is 0 Å². The molecule has 1 saturated carbocycles. The van der Waals surface area contributed by atoms with Crippen molar-refractivity contribution in [3.8, 4) is 0 Å². The molecule has 0 unspecified atom stereocenters. The number of carbonyl (C=O) groups is 1. The zero-order chi connectivity index (χ0) is 15.0. The normalized spacial score (nSPS) is 19.3. The molecule has 0 atom stereocenters. The molecule has 5 nitrogen and oxygen atoms in total. The fourth-order valence-corrected chi connectivity index (χ4v) is 3.99. The number of hydrogen-bond donors (Lipinski definition) is 1. The van der Waals surface area contributed by atoms with Gasteiger partial charge in [0.05, 0.1) is 4.90 Å². The van der Waals surface area contributed by atoms with E-state index in [1.54, 1.807) is 30.0 Å². The number of anilines is 1. The van der Waals surface area contributed by atoms with Crippen LogP contribution in [0.15, 0.2) is 23.1 Å². The maximum absolute atomic E-state index is 12.3. The zero-order valence-corrected chi connectivity index (χ0v) is 12.9.